The topological polar surface area (TPSA) is 86.7 Å². The van der Waals surface area contributed by atoms with Crippen molar-refractivity contribution in [1.82, 2.24) is 9.03 Å². The predicted octanol–water partition coefficient (Wildman–Crippen LogP) is 0.808. The van der Waals surface area contributed by atoms with Crippen LogP contribution in [0.4, 0.5) is 0 Å². The fraction of sp³-hybridized carbons (Fsp3) is 0.917. The van der Waals surface area contributed by atoms with E-state index >= 15 is 0 Å². The molecule has 1 saturated carbocycles. The molecule has 0 amide bonds. The van der Waals surface area contributed by atoms with E-state index in [2.05, 4.69) is 4.72 Å². The van der Waals surface area contributed by atoms with Crippen LogP contribution in [0.2, 0.25) is 0 Å². The number of aliphatic carboxylic acids is 1. The molecule has 7 heteroatoms. The molecule has 2 aliphatic rings. The summed E-state index contributed by atoms with van der Waals surface area (Å²) in [6, 6.07) is 0. The van der Waals surface area contributed by atoms with Crippen LogP contribution in [0.15, 0.2) is 0 Å². The summed E-state index contributed by atoms with van der Waals surface area (Å²) in [5.41, 5.74) is 0. The maximum absolute atomic E-state index is 12.0. The first-order valence-corrected chi connectivity index (χ1v) is 8.40. The molecule has 0 aromatic carbocycles. The highest BCUT2D eigenvalue weighted by molar-refractivity contribution is 7.87. The molecular weight excluding hydrogens is 268 g/mol. The quantitative estimate of drug-likeness (QED) is 0.679. The Morgan fingerprint density at radius 3 is 2.37 bits per heavy atom. The molecule has 0 spiro atoms. The molecule has 1 heterocycles. The van der Waals surface area contributed by atoms with Gasteiger partial charge in [0.05, 0.1) is 5.92 Å². The summed E-state index contributed by atoms with van der Waals surface area (Å²) < 4.78 is 28.0. The molecule has 2 N–H and O–H groups in total. The lowest BCUT2D eigenvalue weighted by molar-refractivity contribution is -0.142. The van der Waals surface area contributed by atoms with Gasteiger partial charge in [-0.3, -0.25) is 4.79 Å². The molecule has 2 rings (SSSR count). The highest BCUT2D eigenvalue weighted by atomic mass is 32.2. The van der Waals surface area contributed by atoms with E-state index in [9.17, 15) is 13.2 Å². The van der Waals surface area contributed by atoms with Gasteiger partial charge in [-0.15, -0.1) is 0 Å². The van der Waals surface area contributed by atoms with Crippen molar-refractivity contribution in [2.45, 2.75) is 38.5 Å². The van der Waals surface area contributed by atoms with Crippen LogP contribution in [0.3, 0.4) is 0 Å². The van der Waals surface area contributed by atoms with Gasteiger partial charge in [0, 0.05) is 19.6 Å². The monoisotopic (exact) mass is 290 g/mol. The third kappa shape index (κ3) is 4.43. The Morgan fingerprint density at radius 2 is 1.84 bits per heavy atom. The van der Waals surface area contributed by atoms with Crippen LogP contribution in [0, 0.1) is 11.8 Å². The third-order valence-electron chi connectivity index (χ3n) is 3.91. The maximum atomic E-state index is 12.0. The zero-order valence-electron chi connectivity index (χ0n) is 11.0. The molecule has 0 aromatic rings. The van der Waals surface area contributed by atoms with Gasteiger partial charge in [-0.1, -0.05) is 12.8 Å². The van der Waals surface area contributed by atoms with Crippen LogP contribution in [0.25, 0.3) is 0 Å². The predicted molar refractivity (Wildman–Crippen MR) is 70.8 cm³/mol. The van der Waals surface area contributed by atoms with E-state index in [0.29, 0.717) is 32.5 Å². The molecule has 1 aliphatic heterocycles. The van der Waals surface area contributed by atoms with E-state index in [1.807, 2.05) is 0 Å². The van der Waals surface area contributed by atoms with Crippen molar-refractivity contribution in [3.63, 3.8) is 0 Å². The molecule has 19 heavy (non-hydrogen) atoms. The lowest BCUT2D eigenvalue weighted by Gasteiger charge is -2.29. The lowest BCUT2D eigenvalue weighted by Crippen LogP contribution is -2.46. The van der Waals surface area contributed by atoms with Crippen molar-refractivity contribution in [2.24, 2.45) is 11.8 Å². The minimum atomic E-state index is -3.42. The smallest absolute Gasteiger partial charge is 0.306 e. The number of piperidine rings is 1. The first kappa shape index (κ1) is 14.7. The second-order valence-electron chi connectivity index (χ2n) is 5.50. The zero-order chi connectivity index (χ0) is 13.9. The Kier molecular flexibility index (Phi) is 4.81. The molecule has 0 unspecified atom stereocenters. The molecule has 0 aromatic heterocycles. The average molecular weight is 290 g/mol. The number of nitrogens with zero attached hydrogens (tertiary/aromatic N) is 1. The number of hydrogen-bond acceptors (Lipinski definition) is 3. The highest BCUT2D eigenvalue weighted by Gasteiger charge is 2.30. The standard InChI is InChI=1S/C12H22N2O4S/c15-12(16)11-5-8-14(9-6-11)19(17,18)13-7-1-2-10-3-4-10/h10-11,13H,1-9H2,(H,15,16). The van der Waals surface area contributed by atoms with Crippen LogP contribution in [-0.4, -0.2) is 43.4 Å². The largest absolute Gasteiger partial charge is 0.481 e. The van der Waals surface area contributed by atoms with Crippen molar-refractivity contribution in [3.05, 3.63) is 0 Å². The Hall–Kier alpha value is -0.660. The van der Waals surface area contributed by atoms with Gasteiger partial charge in [0.2, 0.25) is 0 Å². The fourth-order valence-electron chi connectivity index (χ4n) is 2.43. The highest BCUT2D eigenvalue weighted by Crippen LogP contribution is 2.33. The summed E-state index contributed by atoms with van der Waals surface area (Å²) in [6.07, 6.45) is 5.36. The summed E-state index contributed by atoms with van der Waals surface area (Å²) in [6.45, 7) is 1.08. The molecule has 110 valence electrons. The lowest BCUT2D eigenvalue weighted by atomic mass is 9.99. The SMILES string of the molecule is O=C(O)C1CCN(S(=O)(=O)NCCCC2CC2)CC1. The normalized spacial score (nSPS) is 22.5. The Morgan fingerprint density at radius 1 is 1.21 bits per heavy atom. The molecule has 6 nitrogen and oxygen atoms in total. The van der Waals surface area contributed by atoms with Crippen molar-refractivity contribution < 1.29 is 18.3 Å². The Bertz CT molecular complexity index is 411. The van der Waals surface area contributed by atoms with E-state index in [1.165, 1.54) is 17.1 Å². The van der Waals surface area contributed by atoms with Gasteiger partial charge >= 0.3 is 5.97 Å². The van der Waals surface area contributed by atoms with Crippen LogP contribution in [0.1, 0.15) is 38.5 Å². The van der Waals surface area contributed by atoms with Crippen LogP contribution in [0.5, 0.6) is 0 Å². The van der Waals surface area contributed by atoms with Gasteiger partial charge in [0.1, 0.15) is 0 Å². The molecule has 0 radical (unpaired) electrons. The van der Waals surface area contributed by atoms with Gasteiger partial charge < -0.3 is 5.11 Å². The molecular formula is C12H22N2O4S. The third-order valence-corrected chi connectivity index (χ3v) is 5.53. The second kappa shape index (κ2) is 6.19. The number of carbonyl (C=O) groups is 1. The average Bonchev–Trinajstić information content (AvgIpc) is 3.19. The minimum absolute atomic E-state index is 0.301. The summed E-state index contributed by atoms with van der Waals surface area (Å²) >= 11 is 0. The Balaban J connectivity index is 1.71. The number of rotatable bonds is 7. The molecule has 1 aliphatic carbocycles. The maximum Gasteiger partial charge on any atom is 0.306 e. The van der Waals surface area contributed by atoms with Gasteiger partial charge in [0.25, 0.3) is 10.2 Å². The summed E-state index contributed by atoms with van der Waals surface area (Å²) in [5, 5.41) is 8.87. The fourth-order valence-corrected chi connectivity index (χ4v) is 3.71. The second-order valence-corrected chi connectivity index (χ2v) is 7.25. The first-order valence-electron chi connectivity index (χ1n) is 6.96. The van der Waals surface area contributed by atoms with E-state index in [0.717, 1.165) is 18.8 Å². The summed E-state index contributed by atoms with van der Waals surface area (Å²) in [7, 11) is -3.42. The number of nitrogens with one attached hydrogen (secondary N) is 1. The van der Waals surface area contributed by atoms with Gasteiger partial charge in [-0.25, -0.2) is 4.72 Å². The van der Waals surface area contributed by atoms with Gasteiger partial charge in [-0.2, -0.15) is 12.7 Å². The van der Waals surface area contributed by atoms with Crippen LogP contribution >= 0.6 is 0 Å². The number of carboxylic acids is 1. The molecule has 0 bridgehead atoms. The van der Waals surface area contributed by atoms with Gasteiger partial charge in [0.15, 0.2) is 0 Å². The molecule has 1 saturated heterocycles. The first-order chi connectivity index (χ1) is 8.99. The summed E-state index contributed by atoms with van der Waals surface area (Å²) in [5.74, 6) is -0.411. The molecule has 2 fully saturated rings. The van der Waals surface area contributed by atoms with Crippen molar-refractivity contribution in [2.75, 3.05) is 19.6 Å². The Labute approximate surface area is 114 Å². The molecule has 0 atom stereocenters. The van der Waals surface area contributed by atoms with E-state index in [-0.39, 0.29) is 0 Å². The van der Waals surface area contributed by atoms with E-state index in [4.69, 9.17) is 5.11 Å². The minimum Gasteiger partial charge on any atom is -0.481 e. The number of hydrogen-bond donors (Lipinski definition) is 2. The van der Waals surface area contributed by atoms with Crippen LogP contribution < -0.4 is 4.72 Å². The number of carboxylic acid groups (broad SMARTS) is 1. The van der Waals surface area contributed by atoms with Crippen molar-refractivity contribution in [3.8, 4) is 0 Å². The van der Waals surface area contributed by atoms with Crippen molar-refractivity contribution in [1.29, 1.82) is 0 Å². The van der Waals surface area contributed by atoms with Gasteiger partial charge in [-0.05, 0) is 31.6 Å². The van der Waals surface area contributed by atoms with Crippen LogP contribution in [-0.2, 0) is 15.0 Å². The van der Waals surface area contributed by atoms with Crippen molar-refractivity contribution >= 4 is 16.2 Å². The summed E-state index contributed by atoms with van der Waals surface area (Å²) in [4.78, 5) is 10.8. The van der Waals surface area contributed by atoms with E-state index < -0.39 is 22.1 Å². The van der Waals surface area contributed by atoms with E-state index in [1.54, 1.807) is 0 Å². The zero-order valence-corrected chi connectivity index (χ0v) is 11.9.